The molecule has 4 heteroatoms. The van der Waals surface area contributed by atoms with Gasteiger partial charge in [-0.05, 0) is 37.3 Å². The van der Waals surface area contributed by atoms with Crippen LogP contribution in [0.5, 0.6) is 5.75 Å². The molecule has 0 radical (unpaired) electrons. The number of rotatable bonds is 9. The fourth-order valence-electron chi connectivity index (χ4n) is 2.25. The number of hydrogen-bond acceptors (Lipinski definition) is 3. The minimum atomic E-state index is 0.0217. The Bertz CT molecular complexity index is 432. The highest BCUT2D eigenvalue weighted by Crippen LogP contribution is 2.19. The zero-order valence-corrected chi connectivity index (χ0v) is 13.3. The summed E-state index contributed by atoms with van der Waals surface area (Å²) in [6.45, 7) is 6.76. The van der Waals surface area contributed by atoms with Gasteiger partial charge in [-0.1, -0.05) is 32.0 Å². The summed E-state index contributed by atoms with van der Waals surface area (Å²) in [5.74, 6) is 1.19. The fraction of sp³-hybridized carbons (Fsp3) is 0.588. The predicted molar refractivity (Wildman–Crippen MR) is 84.4 cm³/mol. The number of benzene rings is 1. The number of amides is 1. The molecule has 1 aromatic carbocycles. The molecule has 1 amide bonds. The van der Waals surface area contributed by atoms with E-state index in [4.69, 9.17) is 9.84 Å². The van der Waals surface area contributed by atoms with Crippen LogP contribution in [-0.4, -0.2) is 30.3 Å². The lowest BCUT2D eigenvalue weighted by molar-refractivity contribution is -0.122. The number of hydrogen-bond donors (Lipinski definition) is 2. The van der Waals surface area contributed by atoms with Crippen molar-refractivity contribution in [1.29, 1.82) is 0 Å². The van der Waals surface area contributed by atoms with Crippen LogP contribution in [-0.2, 0) is 11.2 Å². The molecule has 1 aromatic rings. The maximum atomic E-state index is 12.0. The van der Waals surface area contributed by atoms with Gasteiger partial charge in [0.1, 0.15) is 5.75 Å². The molecule has 0 bridgehead atoms. The van der Waals surface area contributed by atoms with Gasteiger partial charge in [-0.2, -0.15) is 0 Å². The first kappa shape index (κ1) is 17.5. The van der Waals surface area contributed by atoms with E-state index in [1.54, 1.807) is 0 Å². The number of aliphatic hydroxyl groups is 1. The molecular weight excluding hydrogens is 266 g/mol. The first-order chi connectivity index (χ1) is 10.1. The van der Waals surface area contributed by atoms with E-state index in [-0.39, 0.29) is 18.6 Å². The van der Waals surface area contributed by atoms with E-state index < -0.39 is 0 Å². The summed E-state index contributed by atoms with van der Waals surface area (Å²) in [6, 6.07) is 7.85. The molecule has 1 rings (SSSR count). The van der Waals surface area contributed by atoms with E-state index in [2.05, 4.69) is 5.32 Å². The van der Waals surface area contributed by atoms with Crippen molar-refractivity contribution in [3.63, 3.8) is 0 Å². The zero-order chi connectivity index (χ0) is 15.7. The van der Waals surface area contributed by atoms with Crippen LogP contribution in [0.25, 0.3) is 0 Å². The average Bonchev–Trinajstić information content (AvgIpc) is 2.46. The molecule has 0 saturated heterocycles. The first-order valence-electron chi connectivity index (χ1n) is 7.69. The van der Waals surface area contributed by atoms with Crippen LogP contribution in [0.15, 0.2) is 24.3 Å². The van der Waals surface area contributed by atoms with Gasteiger partial charge in [-0.3, -0.25) is 4.79 Å². The number of carbonyl (C=O) groups is 1. The monoisotopic (exact) mass is 293 g/mol. The van der Waals surface area contributed by atoms with Gasteiger partial charge in [0, 0.05) is 19.1 Å². The molecule has 1 atom stereocenters. The Balaban J connectivity index is 2.52. The third kappa shape index (κ3) is 6.17. The minimum Gasteiger partial charge on any atom is -0.494 e. The van der Waals surface area contributed by atoms with Crippen molar-refractivity contribution in [2.24, 2.45) is 5.92 Å². The molecule has 0 spiro atoms. The second kappa shape index (κ2) is 9.40. The summed E-state index contributed by atoms with van der Waals surface area (Å²) in [5, 5.41) is 12.0. The van der Waals surface area contributed by atoms with Crippen molar-refractivity contribution < 1.29 is 14.6 Å². The van der Waals surface area contributed by atoms with Gasteiger partial charge < -0.3 is 15.2 Å². The van der Waals surface area contributed by atoms with Crippen LogP contribution in [0, 0.1) is 5.92 Å². The van der Waals surface area contributed by atoms with Crippen molar-refractivity contribution in [3.05, 3.63) is 29.8 Å². The molecular formula is C17H27NO3. The van der Waals surface area contributed by atoms with E-state index in [0.717, 1.165) is 11.3 Å². The summed E-state index contributed by atoms with van der Waals surface area (Å²) in [4.78, 5) is 12.0. The normalized spacial score (nSPS) is 12.2. The SMILES string of the molecule is CCOc1ccccc1CCC(=O)NC(CCO)C(C)C. The highest BCUT2D eigenvalue weighted by molar-refractivity contribution is 5.76. The van der Waals surface area contributed by atoms with Crippen LogP contribution in [0.1, 0.15) is 39.2 Å². The average molecular weight is 293 g/mol. The second-order valence-corrected chi connectivity index (χ2v) is 5.47. The maximum absolute atomic E-state index is 12.0. The summed E-state index contributed by atoms with van der Waals surface area (Å²) >= 11 is 0. The highest BCUT2D eigenvalue weighted by Gasteiger charge is 2.15. The third-order valence-electron chi connectivity index (χ3n) is 3.49. The van der Waals surface area contributed by atoms with Gasteiger partial charge in [-0.25, -0.2) is 0 Å². The Morgan fingerprint density at radius 3 is 2.67 bits per heavy atom. The summed E-state index contributed by atoms with van der Waals surface area (Å²) in [6.07, 6.45) is 1.68. The Kier molecular flexibility index (Phi) is 7.83. The molecule has 21 heavy (non-hydrogen) atoms. The van der Waals surface area contributed by atoms with Crippen molar-refractivity contribution in [3.8, 4) is 5.75 Å². The number of ether oxygens (including phenoxy) is 1. The molecule has 4 nitrogen and oxygen atoms in total. The largest absolute Gasteiger partial charge is 0.494 e. The van der Waals surface area contributed by atoms with Crippen molar-refractivity contribution >= 4 is 5.91 Å². The van der Waals surface area contributed by atoms with Crippen molar-refractivity contribution in [2.75, 3.05) is 13.2 Å². The van der Waals surface area contributed by atoms with E-state index in [0.29, 0.717) is 31.8 Å². The molecule has 0 saturated carbocycles. The zero-order valence-electron chi connectivity index (χ0n) is 13.3. The Labute approximate surface area is 127 Å². The number of carbonyl (C=O) groups excluding carboxylic acids is 1. The second-order valence-electron chi connectivity index (χ2n) is 5.47. The van der Waals surface area contributed by atoms with Gasteiger partial charge in [0.05, 0.1) is 6.61 Å². The van der Waals surface area contributed by atoms with E-state index >= 15 is 0 Å². The van der Waals surface area contributed by atoms with Crippen LogP contribution < -0.4 is 10.1 Å². The predicted octanol–water partition coefficient (Wildman–Crippen LogP) is 2.54. The van der Waals surface area contributed by atoms with E-state index in [1.807, 2.05) is 45.0 Å². The Hall–Kier alpha value is -1.55. The van der Waals surface area contributed by atoms with Crippen LogP contribution in [0.4, 0.5) is 0 Å². The van der Waals surface area contributed by atoms with Crippen molar-refractivity contribution in [2.45, 2.75) is 46.1 Å². The molecule has 118 valence electrons. The minimum absolute atomic E-state index is 0.0217. The van der Waals surface area contributed by atoms with Crippen LogP contribution in [0.3, 0.4) is 0 Å². The molecule has 2 N–H and O–H groups in total. The standard InChI is InChI=1S/C17H27NO3/c1-4-21-16-8-6-5-7-14(16)9-10-17(20)18-15(11-12-19)13(2)3/h5-8,13,15,19H,4,9-12H2,1-3H3,(H,18,20). The third-order valence-corrected chi connectivity index (χ3v) is 3.49. The number of nitrogens with one attached hydrogen (secondary N) is 1. The Morgan fingerprint density at radius 1 is 1.33 bits per heavy atom. The number of aliphatic hydroxyl groups excluding tert-OH is 1. The fourth-order valence-corrected chi connectivity index (χ4v) is 2.25. The van der Waals surface area contributed by atoms with Crippen LogP contribution >= 0.6 is 0 Å². The highest BCUT2D eigenvalue weighted by atomic mass is 16.5. The number of para-hydroxylation sites is 1. The lowest BCUT2D eigenvalue weighted by atomic mass is 10.0. The van der Waals surface area contributed by atoms with Crippen molar-refractivity contribution in [1.82, 2.24) is 5.32 Å². The quantitative estimate of drug-likeness (QED) is 0.735. The summed E-state index contributed by atoms with van der Waals surface area (Å²) in [7, 11) is 0. The van der Waals surface area contributed by atoms with E-state index in [9.17, 15) is 4.79 Å². The molecule has 0 heterocycles. The molecule has 0 aliphatic rings. The summed E-state index contributed by atoms with van der Waals surface area (Å²) < 4.78 is 5.56. The molecule has 0 fully saturated rings. The van der Waals surface area contributed by atoms with Crippen LogP contribution in [0.2, 0.25) is 0 Å². The van der Waals surface area contributed by atoms with Gasteiger partial charge >= 0.3 is 0 Å². The van der Waals surface area contributed by atoms with Gasteiger partial charge in [0.2, 0.25) is 5.91 Å². The lowest BCUT2D eigenvalue weighted by Gasteiger charge is -2.21. The maximum Gasteiger partial charge on any atom is 0.220 e. The molecule has 1 unspecified atom stereocenters. The van der Waals surface area contributed by atoms with Gasteiger partial charge in [-0.15, -0.1) is 0 Å². The molecule has 0 aromatic heterocycles. The smallest absolute Gasteiger partial charge is 0.220 e. The van der Waals surface area contributed by atoms with E-state index in [1.165, 1.54) is 0 Å². The first-order valence-corrected chi connectivity index (χ1v) is 7.69. The lowest BCUT2D eigenvalue weighted by Crippen LogP contribution is -2.39. The number of aryl methyl sites for hydroxylation is 1. The Morgan fingerprint density at radius 2 is 2.05 bits per heavy atom. The molecule has 0 aliphatic heterocycles. The van der Waals surface area contributed by atoms with Gasteiger partial charge in [0.15, 0.2) is 0 Å². The van der Waals surface area contributed by atoms with Gasteiger partial charge in [0.25, 0.3) is 0 Å². The topological polar surface area (TPSA) is 58.6 Å². The summed E-state index contributed by atoms with van der Waals surface area (Å²) in [5.41, 5.74) is 1.05. The molecule has 0 aliphatic carbocycles.